The fourth-order valence-corrected chi connectivity index (χ4v) is 5.47. The Labute approximate surface area is 293 Å². The van der Waals surface area contributed by atoms with Crippen LogP contribution in [0.25, 0.3) is 12.2 Å². The van der Waals surface area contributed by atoms with E-state index in [2.05, 4.69) is 35.5 Å². The van der Waals surface area contributed by atoms with Crippen LogP contribution in [0, 0.1) is 0 Å². The van der Waals surface area contributed by atoms with Crippen molar-refractivity contribution < 1.29 is 19.2 Å². The molecular weight excluding hydrogens is 632 g/mol. The van der Waals surface area contributed by atoms with E-state index in [0.717, 1.165) is 60.0 Å². The van der Waals surface area contributed by atoms with E-state index in [1.54, 1.807) is 54.2 Å². The molecule has 0 saturated carbocycles. The Hall–Kier alpha value is -5.62. The fourth-order valence-electron chi connectivity index (χ4n) is 5.47. The first-order valence-electron chi connectivity index (χ1n) is 16.7. The Morgan fingerprint density at radius 1 is 0.820 bits per heavy atom. The number of carbonyl (C=O) groups excluding carboxylic acids is 4. The van der Waals surface area contributed by atoms with Crippen LogP contribution in [0.1, 0.15) is 47.9 Å². The molecule has 260 valence electrons. The van der Waals surface area contributed by atoms with Crippen molar-refractivity contribution in [3.63, 3.8) is 0 Å². The highest BCUT2D eigenvalue weighted by Gasteiger charge is 2.34. The number of aromatic nitrogens is 4. The lowest BCUT2D eigenvalue weighted by atomic mass is 10.1. The van der Waals surface area contributed by atoms with E-state index in [4.69, 9.17) is 0 Å². The molecule has 50 heavy (non-hydrogen) atoms. The standard InChI is InChI=1S/C25H26N6O2.C7H7NO.C6H11NO/c1-26-22-10-8-18(16-28-22)6-7-19-9-11-23(29-17-19)30-25(33)21-5-3-13-31(21)24(32)14-20-4-2-12-27-15-20;9-5-3-7-2-1-4-8-6-7;1-7-4-2-3-6(7)5-8/h2,4,6-12,15-17,21H,3,5,13-14H2,1H3,(H,26,28)(H,29,30,33);1-2,4-6H,3H2;5-6H,2-4H2,1H3/b7-6+;;/t21-;;6-/m0.0/s1. The van der Waals surface area contributed by atoms with Gasteiger partial charge in [0.15, 0.2) is 0 Å². The number of nitrogens with zero attached hydrogens (tertiary/aromatic N) is 6. The average molecular weight is 677 g/mol. The molecule has 2 aliphatic heterocycles. The molecule has 4 aromatic heterocycles. The molecule has 2 amide bonds. The minimum atomic E-state index is -0.483. The van der Waals surface area contributed by atoms with Gasteiger partial charge in [0, 0.05) is 57.2 Å². The summed E-state index contributed by atoms with van der Waals surface area (Å²) < 4.78 is 0. The van der Waals surface area contributed by atoms with Crippen LogP contribution < -0.4 is 10.6 Å². The van der Waals surface area contributed by atoms with Gasteiger partial charge in [-0.25, -0.2) is 9.97 Å². The maximum absolute atomic E-state index is 12.8. The second-order valence-corrected chi connectivity index (χ2v) is 11.9. The largest absolute Gasteiger partial charge is 0.373 e. The molecule has 12 nitrogen and oxygen atoms in total. The molecule has 6 heterocycles. The molecular formula is C38H44N8O4. The van der Waals surface area contributed by atoms with Gasteiger partial charge in [0.25, 0.3) is 0 Å². The van der Waals surface area contributed by atoms with Crippen LogP contribution in [0.15, 0.2) is 85.7 Å². The Balaban J connectivity index is 0.000000268. The summed E-state index contributed by atoms with van der Waals surface area (Å²) in [5, 5.41) is 5.83. The SMILES string of the molecule is CN1CCC[C@H]1C=O.CNc1ccc(/C=C/c2ccc(NC(=O)[C@@H]3CCCN3C(=O)Cc3cccnc3)nc2)cn1.O=CCc1cccnc1. The van der Waals surface area contributed by atoms with Crippen LogP contribution in [0.3, 0.4) is 0 Å². The molecule has 2 saturated heterocycles. The number of amides is 2. The highest BCUT2D eigenvalue weighted by atomic mass is 16.2. The highest BCUT2D eigenvalue weighted by molar-refractivity contribution is 5.97. The molecule has 2 fully saturated rings. The zero-order valence-electron chi connectivity index (χ0n) is 28.5. The number of aldehydes is 2. The third-order valence-corrected chi connectivity index (χ3v) is 8.28. The molecule has 0 aliphatic carbocycles. The van der Waals surface area contributed by atoms with Gasteiger partial charge in [-0.2, -0.15) is 0 Å². The first-order chi connectivity index (χ1) is 24.4. The maximum Gasteiger partial charge on any atom is 0.248 e. The average Bonchev–Trinajstić information content (AvgIpc) is 3.82. The van der Waals surface area contributed by atoms with Crippen molar-refractivity contribution in [2.75, 3.05) is 37.8 Å². The number of hydrogen-bond acceptors (Lipinski definition) is 10. The normalized spacial score (nSPS) is 16.8. The van der Waals surface area contributed by atoms with Gasteiger partial charge in [-0.05, 0) is 97.9 Å². The van der Waals surface area contributed by atoms with Gasteiger partial charge in [0.2, 0.25) is 11.8 Å². The number of carbonyl (C=O) groups is 4. The molecule has 0 aromatic carbocycles. The van der Waals surface area contributed by atoms with E-state index in [1.165, 1.54) is 6.42 Å². The fraction of sp³-hybridized carbons (Fsp3) is 0.316. The predicted molar refractivity (Wildman–Crippen MR) is 194 cm³/mol. The van der Waals surface area contributed by atoms with E-state index in [1.807, 2.05) is 62.6 Å². The van der Waals surface area contributed by atoms with Crippen molar-refractivity contribution >= 4 is 48.2 Å². The minimum Gasteiger partial charge on any atom is -0.373 e. The first kappa shape index (κ1) is 37.2. The number of anilines is 2. The van der Waals surface area contributed by atoms with Crippen molar-refractivity contribution in [2.45, 2.75) is 50.6 Å². The number of pyridine rings is 4. The number of likely N-dealkylation sites (tertiary alicyclic amines) is 2. The Bertz CT molecular complexity index is 1670. The van der Waals surface area contributed by atoms with E-state index < -0.39 is 6.04 Å². The summed E-state index contributed by atoms with van der Waals surface area (Å²) in [6.07, 6.45) is 20.4. The van der Waals surface area contributed by atoms with Crippen LogP contribution in [0.4, 0.5) is 11.6 Å². The van der Waals surface area contributed by atoms with Gasteiger partial charge < -0.3 is 25.1 Å². The summed E-state index contributed by atoms with van der Waals surface area (Å²) in [6, 6.07) is 14.6. The third kappa shape index (κ3) is 11.8. The van der Waals surface area contributed by atoms with Crippen LogP contribution in [-0.4, -0.2) is 93.4 Å². The maximum atomic E-state index is 12.8. The molecule has 0 unspecified atom stereocenters. The molecule has 2 atom stereocenters. The van der Waals surface area contributed by atoms with Gasteiger partial charge >= 0.3 is 0 Å². The summed E-state index contributed by atoms with van der Waals surface area (Å²) in [5.41, 5.74) is 3.68. The van der Waals surface area contributed by atoms with Gasteiger partial charge in [-0.1, -0.05) is 24.3 Å². The molecule has 0 radical (unpaired) electrons. The van der Waals surface area contributed by atoms with E-state index in [0.29, 0.717) is 25.2 Å². The lowest BCUT2D eigenvalue weighted by molar-refractivity contribution is -0.136. The monoisotopic (exact) mass is 676 g/mol. The molecule has 0 spiro atoms. The zero-order chi connectivity index (χ0) is 35.6. The molecule has 4 aromatic rings. The minimum absolute atomic E-state index is 0.0636. The van der Waals surface area contributed by atoms with Crippen LogP contribution in [0.5, 0.6) is 0 Å². The van der Waals surface area contributed by atoms with E-state index >= 15 is 0 Å². The van der Waals surface area contributed by atoms with Crippen molar-refractivity contribution in [1.29, 1.82) is 0 Å². The van der Waals surface area contributed by atoms with E-state index in [9.17, 15) is 19.2 Å². The highest BCUT2D eigenvalue weighted by Crippen LogP contribution is 2.21. The van der Waals surface area contributed by atoms with Gasteiger partial charge in [-0.15, -0.1) is 0 Å². The third-order valence-electron chi connectivity index (χ3n) is 8.28. The molecule has 2 N–H and O–H groups in total. The zero-order valence-corrected chi connectivity index (χ0v) is 28.5. The number of hydrogen-bond donors (Lipinski definition) is 2. The second kappa shape index (κ2) is 20.0. The van der Waals surface area contributed by atoms with Gasteiger partial charge in [-0.3, -0.25) is 24.5 Å². The number of likely N-dealkylation sites (N-methyl/N-ethyl adjacent to an activating group) is 1. The quantitative estimate of drug-likeness (QED) is 0.232. The topological polar surface area (TPSA) is 150 Å². The van der Waals surface area contributed by atoms with Crippen molar-refractivity contribution in [2.24, 2.45) is 0 Å². The van der Waals surface area contributed by atoms with E-state index in [-0.39, 0.29) is 24.3 Å². The molecule has 2 aliphatic rings. The van der Waals surface area contributed by atoms with Crippen molar-refractivity contribution in [3.8, 4) is 0 Å². The predicted octanol–water partition coefficient (Wildman–Crippen LogP) is 4.36. The summed E-state index contributed by atoms with van der Waals surface area (Å²) in [7, 11) is 3.82. The van der Waals surface area contributed by atoms with Gasteiger partial charge in [0.1, 0.15) is 30.2 Å². The second-order valence-electron chi connectivity index (χ2n) is 11.9. The lowest BCUT2D eigenvalue weighted by Gasteiger charge is -2.24. The van der Waals surface area contributed by atoms with Crippen LogP contribution >= 0.6 is 0 Å². The number of rotatable bonds is 10. The number of nitrogens with one attached hydrogen (secondary N) is 2. The first-order valence-corrected chi connectivity index (χ1v) is 16.7. The smallest absolute Gasteiger partial charge is 0.248 e. The summed E-state index contributed by atoms with van der Waals surface area (Å²) in [6.45, 7) is 1.67. The van der Waals surface area contributed by atoms with Crippen molar-refractivity contribution in [3.05, 3.63) is 108 Å². The molecule has 12 heteroatoms. The Morgan fingerprint density at radius 2 is 1.46 bits per heavy atom. The molecule has 6 rings (SSSR count). The summed E-state index contributed by atoms with van der Waals surface area (Å²) in [4.78, 5) is 66.0. The van der Waals surface area contributed by atoms with Gasteiger partial charge in [0.05, 0.1) is 12.5 Å². The van der Waals surface area contributed by atoms with Crippen molar-refractivity contribution in [1.82, 2.24) is 29.7 Å². The van der Waals surface area contributed by atoms with Crippen LogP contribution in [-0.2, 0) is 32.0 Å². The molecule has 0 bridgehead atoms. The summed E-state index contributed by atoms with van der Waals surface area (Å²) >= 11 is 0. The lowest BCUT2D eigenvalue weighted by Crippen LogP contribution is -2.43. The Morgan fingerprint density at radius 3 is 1.96 bits per heavy atom. The Kier molecular flexibility index (Phi) is 14.9. The van der Waals surface area contributed by atoms with Crippen LogP contribution in [0.2, 0.25) is 0 Å². The summed E-state index contributed by atoms with van der Waals surface area (Å²) in [5.74, 6) is 1.00.